The Morgan fingerprint density at radius 1 is 1.31 bits per heavy atom. The van der Waals surface area contributed by atoms with Crippen LogP contribution < -0.4 is 4.90 Å². The van der Waals surface area contributed by atoms with Crippen molar-refractivity contribution in [2.75, 3.05) is 11.9 Å². The number of hydrogen-bond donors (Lipinski definition) is 0. The van der Waals surface area contributed by atoms with Crippen LogP contribution in [0, 0.1) is 0 Å². The number of anilines is 1. The van der Waals surface area contributed by atoms with Gasteiger partial charge in [0.1, 0.15) is 6.29 Å². The van der Waals surface area contributed by atoms with Crippen LogP contribution in [0.3, 0.4) is 0 Å². The van der Waals surface area contributed by atoms with Gasteiger partial charge in [-0.2, -0.15) is 0 Å². The molecule has 0 bridgehead atoms. The Bertz CT molecular complexity index is 501. The van der Waals surface area contributed by atoms with Gasteiger partial charge in [-0.05, 0) is 11.6 Å². The minimum absolute atomic E-state index is 0.325. The van der Waals surface area contributed by atoms with E-state index in [1.54, 1.807) is 0 Å². The molecule has 1 aromatic carbocycles. The molecule has 2 heteroatoms. The van der Waals surface area contributed by atoms with Crippen LogP contribution in [0.2, 0.25) is 0 Å². The highest BCUT2D eigenvalue weighted by Crippen LogP contribution is 2.43. The number of hydrogen-bond acceptors (Lipinski definition) is 2. The largest absolute Gasteiger partial charge is 0.367 e. The van der Waals surface area contributed by atoms with E-state index in [1.807, 2.05) is 6.08 Å². The number of para-hydroxylation sites is 1. The maximum absolute atomic E-state index is 10.8. The molecule has 1 heterocycles. The van der Waals surface area contributed by atoms with Gasteiger partial charge in [-0.25, -0.2) is 0 Å². The number of aldehydes is 1. The van der Waals surface area contributed by atoms with Gasteiger partial charge in [-0.1, -0.05) is 36.4 Å². The van der Waals surface area contributed by atoms with Crippen LogP contribution in [0.5, 0.6) is 0 Å². The van der Waals surface area contributed by atoms with Crippen LogP contribution in [-0.4, -0.2) is 19.4 Å². The fourth-order valence-electron chi connectivity index (χ4n) is 2.66. The molecule has 0 aromatic heterocycles. The summed E-state index contributed by atoms with van der Waals surface area (Å²) in [6.45, 7) is 0. The van der Waals surface area contributed by atoms with Gasteiger partial charge in [0.05, 0.1) is 6.04 Å². The molecular formula is C14H13NO. The predicted octanol–water partition coefficient (Wildman–Crippen LogP) is 2.28. The van der Waals surface area contributed by atoms with Crippen LogP contribution in [0.4, 0.5) is 5.69 Å². The maximum atomic E-state index is 10.8. The van der Waals surface area contributed by atoms with E-state index in [1.165, 1.54) is 11.3 Å². The lowest BCUT2D eigenvalue weighted by atomic mass is 9.89. The molecule has 0 unspecified atom stereocenters. The van der Waals surface area contributed by atoms with Gasteiger partial charge in [0.15, 0.2) is 0 Å². The van der Waals surface area contributed by atoms with E-state index in [2.05, 4.69) is 48.4 Å². The Morgan fingerprint density at radius 3 is 2.94 bits per heavy atom. The number of carbonyl (C=O) groups excluding carboxylic acids is 1. The molecule has 2 atom stereocenters. The number of likely N-dealkylation sites (N-methyl/N-ethyl adjacent to an activating group) is 1. The first-order chi connectivity index (χ1) is 7.81. The first kappa shape index (κ1) is 9.40. The molecule has 0 fully saturated rings. The fourth-order valence-corrected chi connectivity index (χ4v) is 2.66. The van der Waals surface area contributed by atoms with Gasteiger partial charge in [0, 0.05) is 24.2 Å². The smallest absolute Gasteiger partial charge is 0.149 e. The number of nitrogens with zero attached hydrogens (tertiary/aromatic N) is 1. The Kier molecular flexibility index (Phi) is 1.96. The number of carbonyl (C=O) groups is 1. The minimum Gasteiger partial charge on any atom is -0.367 e. The van der Waals surface area contributed by atoms with Crippen molar-refractivity contribution >= 4 is 12.0 Å². The van der Waals surface area contributed by atoms with Gasteiger partial charge in [-0.3, -0.25) is 4.79 Å². The second kappa shape index (κ2) is 3.34. The normalized spacial score (nSPS) is 26.1. The Labute approximate surface area is 94.9 Å². The van der Waals surface area contributed by atoms with Crippen molar-refractivity contribution in [2.45, 2.75) is 12.0 Å². The minimum atomic E-state index is 0.325. The Hall–Kier alpha value is -1.83. The molecule has 1 aliphatic carbocycles. The highest BCUT2D eigenvalue weighted by atomic mass is 16.1. The SMILES string of the molecule is CN1c2ccccc2[C@H]2C=C(C=O)C=C[C@H]21. The third-order valence-electron chi connectivity index (χ3n) is 3.48. The summed E-state index contributed by atoms with van der Waals surface area (Å²) in [5.41, 5.74) is 3.37. The van der Waals surface area contributed by atoms with Gasteiger partial charge in [-0.15, -0.1) is 0 Å². The Balaban J connectivity index is 2.13. The van der Waals surface area contributed by atoms with Crippen LogP contribution in [0.15, 0.2) is 48.1 Å². The average Bonchev–Trinajstić information content (AvgIpc) is 2.64. The van der Waals surface area contributed by atoms with Crippen molar-refractivity contribution in [1.82, 2.24) is 0 Å². The highest BCUT2D eigenvalue weighted by Gasteiger charge is 2.34. The van der Waals surface area contributed by atoms with Crippen molar-refractivity contribution < 1.29 is 4.79 Å². The van der Waals surface area contributed by atoms with E-state index in [0.29, 0.717) is 12.0 Å². The van der Waals surface area contributed by atoms with Crippen molar-refractivity contribution in [3.8, 4) is 0 Å². The van der Waals surface area contributed by atoms with Gasteiger partial charge < -0.3 is 4.90 Å². The Morgan fingerprint density at radius 2 is 2.12 bits per heavy atom. The summed E-state index contributed by atoms with van der Waals surface area (Å²) in [6, 6.07) is 8.76. The number of benzene rings is 1. The summed E-state index contributed by atoms with van der Waals surface area (Å²) in [7, 11) is 2.10. The summed E-state index contributed by atoms with van der Waals surface area (Å²) in [4.78, 5) is 13.1. The quantitative estimate of drug-likeness (QED) is 0.664. The van der Waals surface area contributed by atoms with E-state index in [-0.39, 0.29) is 0 Å². The molecule has 1 aliphatic heterocycles. The molecule has 2 nitrogen and oxygen atoms in total. The lowest BCUT2D eigenvalue weighted by Crippen LogP contribution is -2.29. The molecule has 0 spiro atoms. The third-order valence-corrected chi connectivity index (χ3v) is 3.48. The van der Waals surface area contributed by atoms with Crippen LogP contribution in [-0.2, 0) is 4.79 Å². The zero-order valence-electron chi connectivity index (χ0n) is 9.13. The van der Waals surface area contributed by atoms with E-state index >= 15 is 0 Å². The summed E-state index contributed by atoms with van der Waals surface area (Å²) in [5.74, 6) is 0.325. The summed E-state index contributed by atoms with van der Waals surface area (Å²) < 4.78 is 0. The highest BCUT2D eigenvalue weighted by molar-refractivity contribution is 5.80. The van der Waals surface area contributed by atoms with Crippen LogP contribution >= 0.6 is 0 Å². The summed E-state index contributed by atoms with van der Waals surface area (Å²) in [6.07, 6.45) is 7.03. The van der Waals surface area contributed by atoms with Gasteiger partial charge in [0.25, 0.3) is 0 Å². The lowest BCUT2D eigenvalue weighted by molar-refractivity contribution is -0.104. The van der Waals surface area contributed by atoms with Crippen molar-refractivity contribution in [1.29, 1.82) is 0 Å². The van der Waals surface area contributed by atoms with Crippen molar-refractivity contribution in [3.05, 3.63) is 53.6 Å². The monoisotopic (exact) mass is 211 g/mol. The lowest BCUT2D eigenvalue weighted by Gasteiger charge is -2.24. The zero-order chi connectivity index (χ0) is 11.1. The second-order valence-corrected chi connectivity index (χ2v) is 4.33. The molecule has 16 heavy (non-hydrogen) atoms. The second-order valence-electron chi connectivity index (χ2n) is 4.33. The standard InChI is InChI=1S/C14H13NO/c1-15-13-5-3-2-4-11(13)12-8-10(9-16)6-7-14(12)15/h2-9,12,14H,1H3/t12-,14-/m1/s1. The van der Waals surface area contributed by atoms with Crippen LogP contribution in [0.25, 0.3) is 0 Å². The third kappa shape index (κ3) is 1.16. The van der Waals surface area contributed by atoms with E-state index in [0.717, 1.165) is 11.9 Å². The summed E-state index contributed by atoms with van der Waals surface area (Å²) >= 11 is 0. The van der Waals surface area contributed by atoms with Crippen LogP contribution in [0.1, 0.15) is 11.5 Å². The molecule has 0 amide bonds. The van der Waals surface area contributed by atoms with Gasteiger partial charge >= 0.3 is 0 Å². The van der Waals surface area contributed by atoms with E-state index < -0.39 is 0 Å². The molecule has 0 N–H and O–H groups in total. The first-order valence-electron chi connectivity index (χ1n) is 5.48. The molecule has 3 rings (SSSR count). The predicted molar refractivity (Wildman–Crippen MR) is 64.7 cm³/mol. The molecule has 0 saturated carbocycles. The van der Waals surface area contributed by atoms with Crippen molar-refractivity contribution in [2.24, 2.45) is 0 Å². The molecule has 0 saturated heterocycles. The molecular weight excluding hydrogens is 198 g/mol. The summed E-state index contributed by atoms with van der Waals surface area (Å²) in [5, 5.41) is 0. The van der Waals surface area contributed by atoms with Gasteiger partial charge in [0.2, 0.25) is 0 Å². The maximum Gasteiger partial charge on any atom is 0.149 e. The first-order valence-corrected chi connectivity index (χ1v) is 5.48. The van der Waals surface area contributed by atoms with E-state index in [9.17, 15) is 4.79 Å². The molecule has 2 aliphatic rings. The molecule has 1 aromatic rings. The topological polar surface area (TPSA) is 20.3 Å². The van der Waals surface area contributed by atoms with Crippen molar-refractivity contribution in [3.63, 3.8) is 0 Å². The molecule has 0 radical (unpaired) electrons. The average molecular weight is 211 g/mol. The molecule has 80 valence electrons. The number of allylic oxidation sites excluding steroid dienone is 2. The zero-order valence-corrected chi connectivity index (χ0v) is 9.13. The number of fused-ring (bicyclic) bond motifs is 3. The van der Waals surface area contributed by atoms with E-state index in [4.69, 9.17) is 0 Å². The fraction of sp³-hybridized carbons (Fsp3) is 0.214. The number of rotatable bonds is 1.